The Bertz CT molecular complexity index is 826. The SMILES string of the molecule is Cc1cc(C)cc(Nc2cc(NCCc3ccc(F)cc3)ncn2)c1. The van der Waals surface area contributed by atoms with Crippen LogP contribution in [0.4, 0.5) is 21.7 Å². The predicted molar refractivity (Wildman–Crippen MR) is 99.8 cm³/mol. The lowest BCUT2D eigenvalue weighted by Gasteiger charge is -2.10. The molecule has 0 radical (unpaired) electrons. The molecule has 0 atom stereocenters. The summed E-state index contributed by atoms with van der Waals surface area (Å²) in [6.45, 7) is 4.85. The molecule has 4 nitrogen and oxygen atoms in total. The number of nitrogens with zero attached hydrogens (tertiary/aromatic N) is 2. The fraction of sp³-hybridized carbons (Fsp3) is 0.200. The summed E-state index contributed by atoms with van der Waals surface area (Å²) < 4.78 is 12.9. The Balaban J connectivity index is 1.60. The molecular formula is C20H21FN4. The normalized spacial score (nSPS) is 10.5. The van der Waals surface area contributed by atoms with Gasteiger partial charge in [-0.3, -0.25) is 0 Å². The summed E-state index contributed by atoms with van der Waals surface area (Å²) in [6.07, 6.45) is 2.33. The number of anilines is 3. The molecule has 0 fully saturated rings. The number of benzene rings is 2. The Labute approximate surface area is 147 Å². The Morgan fingerprint density at radius 3 is 2.28 bits per heavy atom. The molecule has 2 N–H and O–H groups in total. The summed E-state index contributed by atoms with van der Waals surface area (Å²) in [5.41, 5.74) is 4.49. The molecule has 0 bridgehead atoms. The third kappa shape index (κ3) is 5.01. The quantitative estimate of drug-likeness (QED) is 0.689. The van der Waals surface area contributed by atoms with E-state index in [9.17, 15) is 4.39 Å². The highest BCUT2D eigenvalue weighted by molar-refractivity contribution is 5.60. The molecule has 3 aromatic rings. The fourth-order valence-electron chi connectivity index (χ4n) is 2.70. The van der Waals surface area contributed by atoms with E-state index in [2.05, 4.69) is 52.6 Å². The van der Waals surface area contributed by atoms with E-state index in [-0.39, 0.29) is 5.82 Å². The lowest BCUT2D eigenvalue weighted by atomic mass is 10.1. The van der Waals surface area contributed by atoms with Crippen molar-refractivity contribution in [3.63, 3.8) is 0 Å². The van der Waals surface area contributed by atoms with E-state index in [1.807, 2.05) is 6.07 Å². The lowest BCUT2D eigenvalue weighted by Crippen LogP contribution is -2.07. The Kier molecular flexibility index (Phi) is 5.23. The molecule has 0 aliphatic carbocycles. The van der Waals surface area contributed by atoms with E-state index in [0.29, 0.717) is 6.54 Å². The van der Waals surface area contributed by atoms with E-state index >= 15 is 0 Å². The van der Waals surface area contributed by atoms with E-state index < -0.39 is 0 Å². The number of nitrogens with one attached hydrogen (secondary N) is 2. The van der Waals surface area contributed by atoms with Gasteiger partial charge in [-0.1, -0.05) is 18.2 Å². The smallest absolute Gasteiger partial charge is 0.135 e. The fourth-order valence-corrected chi connectivity index (χ4v) is 2.70. The zero-order valence-corrected chi connectivity index (χ0v) is 14.4. The molecule has 0 aliphatic rings. The van der Waals surface area contributed by atoms with Gasteiger partial charge in [0.15, 0.2) is 0 Å². The molecule has 3 rings (SSSR count). The summed E-state index contributed by atoms with van der Waals surface area (Å²) in [4.78, 5) is 8.51. The number of aromatic nitrogens is 2. The first kappa shape index (κ1) is 16.9. The van der Waals surface area contributed by atoms with Crippen molar-refractivity contribution in [3.05, 3.63) is 77.4 Å². The molecule has 0 saturated heterocycles. The van der Waals surface area contributed by atoms with Gasteiger partial charge in [0.2, 0.25) is 0 Å². The number of aryl methyl sites for hydroxylation is 2. The topological polar surface area (TPSA) is 49.8 Å². The predicted octanol–water partition coefficient (Wildman–Crippen LogP) is 4.63. The molecule has 0 saturated carbocycles. The molecule has 0 unspecified atom stereocenters. The van der Waals surface area contributed by atoms with Gasteiger partial charge in [0, 0.05) is 18.3 Å². The van der Waals surface area contributed by atoms with Gasteiger partial charge in [-0.25, -0.2) is 14.4 Å². The van der Waals surface area contributed by atoms with Crippen molar-refractivity contribution in [1.82, 2.24) is 9.97 Å². The molecule has 0 aliphatic heterocycles. The summed E-state index contributed by atoms with van der Waals surface area (Å²) in [5, 5.41) is 6.58. The van der Waals surface area contributed by atoms with Crippen LogP contribution in [0.5, 0.6) is 0 Å². The van der Waals surface area contributed by atoms with E-state index in [0.717, 1.165) is 29.3 Å². The third-order valence-electron chi connectivity index (χ3n) is 3.79. The minimum atomic E-state index is -0.213. The lowest BCUT2D eigenvalue weighted by molar-refractivity contribution is 0.627. The van der Waals surface area contributed by atoms with Crippen molar-refractivity contribution in [2.75, 3.05) is 17.2 Å². The van der Waals surface area contributed by atoms with Gasteiger partial charge in [-0.15, -0.1) is 0 Å². The largest absolute Gasteiger partial charge is 0.370 e. The van der Waals surface area contributed by atoms with Crippen molar-refractivity contribution in [2.45, 2.75) is 20.3 Å². The molecule has 5 heteroatoms. The minimum absolute atomic E-state index is 0.213. The van der Waals surface area contributed by atoms with Gasteiger partial charge in [0.25, 0.3) is 0 Å². The van der Waals surface area contributed by atoms with Crippen molar-refractivity contribution in [1.29, 1.82) is 0 Å². The second-order valence-electron chi connectivity index (χ2n) is 6.09. The molecular weight excluding hydrogens is 315 g/mol. The monoisotopic (exact) mass is 336 g/mol. The maximum atomic E-state index is 12.9. The summed E-state index contributed by atoms with van der Waals surface area (Å²) in [6, 6.07) is 14.7. The average molecular weight is 336 g/mol. The first-order valence-electron chi connectivity index (χ1n) is 8.24. The maximum absolute atomic E-state index is 12.9. The van der Waals surface area contributed by atoms with Gasteiger partial charge in [-0.2, -0.15) is 0 Å². The average Bonchev–Trinajstić information content (AvgIpc) is 2.56. The summed E-state index contributed by atoms with van der Waals surface area (Å²) >= 11 is 0. The highest BCUT2D eigenvalue weighted by Gasteiger charge is 2.01. The van der Waals surface area contributed by atoms with Crippen molar-refractivity contribution in [2.24, 2.45) is 0 Å². The van der Waals surface area contributed by atoms with Crippen LogP contribution in [0.1, 0.15) is 16.7 Å². The second-order valence-corrected chi connectivity index (χ2v) is 6.09. The van der Waals surface area contributed by atoms with Crippen LogP contribution in [-0.4, -0.2) is 16.5 Å². The van der Waals surface area contributed by atoms with E-state index in [1.165, 1.54) is 29.6 Å². The van der Waals surface area contributed by atoms with Gasteiger partial charge in [0.1, 0.15) is 23.8 Å². The van der Waals surface area contributed by atoms with E-state index in [1.54, 1.807) is 12.1 Å². The maximum Gasteiger partial charge on any atom is 0.135 e. The summed E-state index contributed by atoms with van der Waals surface area (Å²) in [5.74, 6) is 1.28. The second kappa shape index (κ2) is 7.75. The first-order chi connectivity index (χ1) is 12.1. The van der Waals surface area contributed by atoms with Crippen LogP contribution in [0.2, 0.25) is 0 Å². The Morgan fingerprint density at radius 1 is 0.880 bits per heavy atom. The first-order valence-corrected chi connectivity index (χ1v) is 8.24. The molecule has 2 aromatic carbocycles. The number of hydrogen-bond donors (Lipinski definition) is 2. The van der Waals surface area contributed by atoms with Crippen molar-refractivity contribution in [3.8, 4) is 0 Å². The van der Waals surface area contributed by atoms with Crippen LogP contribution in [0.15, 0.2) is 54.9 Å². The third-order valence-corrected chi connectivity index (χ3v) is 3.79. The van der Waals surface area contributed by atoms with Crippen LogP contribution in [-0.2, 0) is 6.42 Å². The van der Waals surface area contributed by atoms with Gasteiger partial charge < -0.3 is 10.6 Å². The van der Waals surface area contributed by atoms with Crippen LogP contribution < -0.4 is 10.6 Å². The molecule has 1 heterocycles. The standard InChI is InChI=1S/C20H21FN4/c1-14-9-15(2)11-18(10-14)25-20-12-19(23-13-24-20)22-8-7-16-3-5-17(21)6-4-16/h3-6,9-13H,7-8H2,1-2H3,(H2,22,23,24,25). The highest BCUT2D eigenvalue weighted by Crippen LogP contribution is 2.19. The molecule has 128 valence electrons. The van der Waals surface area contributed by atoms with Gasteiger partial charge in [-0.05, 0) is 61.2 Å². The van der Waals surface area contributed by atoms with Crippen LogP contribution in [0.3, 0.4) is 0 Å². The molecule has 0 amide bonds. The zero-order valence-electron chi connectivity index (χ0n) is 14.4. The molecule has 1 aromatic heterocycles. The van der Waals surface area contributed by atoms with Crippen molar-refractivity contribution >= 4 is 17.3 Å². The van der Waals surface area contributed by atoms with Gasteiger partial charge >= 0.3 is 0 Å². The number of hydrogen-bond acceptors (Lipinski definition) is 4. The zero-order chi connectivity index (χ0) is 17.6. The minimum Gasteiger partial charge on any atom is -0.370 e. The van der Waals surface area contributed by atoms with Crippen LogP contribution >= 0.6 is 0 Å². The summed E-state index contributed by atoms with van der Waals surface area (Å²) in [7, 11) is 0. The molecule has 0 spiro atoms. The number of halogens is 1. The highest BCUT2D eigenvalue weighted by atomic mass is 19.1. The van der Waals surface area contributed by atoms with Crippen LogP contribution in [0, 0.1) is 19.7 Å². The van der Waals surface area contributed by atoms with Crippen LogP contribution in [0.25, 0.3) is 0 Å². The number of rotatable bonds is 6. The van der Waals surface area contributed by atoms with E-state index in [4.69, 9.17) is 0 Å². The Hall–Kier alpha value is -2.95. The molecule has 25 heavy (non-hydrogen) atoms. The van der Waals surface area contributed by atoms with Crippen molar-refractivity contribution < 1.29 is 4.39 Å². The van der Waals surface area contributed by atoms with Gasteiger partial charge in [0.05, 0.1) is 0 Å². The Morgan fingerprint density at radius 2 is 1.56 bits per heavy atom.